The van der Waals surface area contributed by atoms with E-state index in [4.69, 9.17) is 5.11 Å². The minimum absolute atomic E-state index is 0.187. The fourth-order valence-electron chi connectivity index (χ4n) is 2.75. The Bertz CT molecular complexity index is 297. The lowest BCUT2D eigenvalue weighted by atomic mass is 9.92. The van der Waals surface area contributed by atoms with Crippen LogP contribution < -0.4 is 0 Å². The second kappa shape index (κ2) is 13.1. The lowest BCUT2D eigenvalue weighted by Crippen LogP contribution is -1.99. The lowest BCUT2D eigenvalue weighted by Gasteiger charge is -2.14. The van der Waals surface area contributed by atoms with Crippen molar-refractivity contribution >= 4 is 0 Å². The number of rotatable bonds is 12. The summed E-state index contributed by atoms with van der Waals surface area (Å²) in [6.45, 7) is 11.5. The molecule has 2 unspecified atom stereocenters. The van der Waals surface area contributed by atoms with Crippen LogP contribution in [-0.2, 0) is 0 Å². The number of hydrogen-bond donors (Lipinski definition) is 1. The van der Waals surface area contributed by atoms with Gasteiger partial charge in [0, 0.05) is 0 Å². The maximum absolute atomic E-state index is 8.83. The van der Waals surface area contributed by atoms with Crippen LogP contribution in [0.15, 0.2) is 23.3 Å². The van der Waals surface area contributed by atoms with Crippen LogP contribution in [0.4, 0.5) is 0 Å². The molecule has 0 saturated carbocycles. The molecule has 0 aromatic rings. The van der Waals surface area contributed by atoms with Crippen LogP contribution in [-0.4, -0.2) is 11.7 Å². The van der Waals surface area contributed by atoms with E-state index in [2.05, 4.69) is 40.7 Å². The molecule has 0 spiro atoms. The van der Waals surface area contributed by atoms with E-state index in [1.165, 1.54) is 56.1 Å². The fourth-order valence-corrected chi connectivity index (χ4v) is 2.75. The van der Waals surface area contributed by atoms with Gasteiger partial charge in [-0.05, 0) is 58.3 Å². The van der Waals surface area contributed by atoms with E-state index < -0.39 is 0 Å². The molecule has 0 aromatic heterocycles. The predicted molar refractivity (Wildman–Crippen MR) is 95.5 cm³/mol. The Hall–Kier alpha value is -0.560. The third-order valence-corrected chi connectivity index (χ3v) is 4.31. The number of allylic oxidation sites excluding steroid dienone is 3. The molecule has 1 N–H and O–H groups in total. The van der Waals surface area contributed by atoms with Crippen LogP contribution in [0.2, 0.25) is 0 Å². The van der Waals surface area contributed by atoms with Crippen LogP contribution in [0.25, 0.3) is 0 Å². The van der Waals surface area contributed by atoms with Crippen molar-refractivity contribution in [3.05, 3.63) is 23.3 Å². The van der Waals surface area contributed by atoms with Gasteiger partial charge in [-0.15, -0.1) is 0 Å². The van der Waals surface area contributed by atoms with E-state index >= 15 is 0 Å². The number of aliphatic hydroxyl groups is 1. The van der Waals surface area contributed by atoms with E-state index in [1.54, 1.807) is 0 Å². The molecule has 0 aromatic carbocycles. The molecule has 1 nitrogen and oxygen atoms in total. The van der Waals surface area contributed by atoms with Gasteiger partial charge in [-0.2, -0.15) is 0 Å². The minimum Gasteiger partial charge on any atom is -0.392 e. The predicted octanol–water partition coefficient (Wildman–Crippen LogP) is 6.28. The van der Waals surface area contributed by atoms with Gasteiger partial charge < -0.3 is 5.11 Å². The van der Waals surface area contributed by atoms with Gasteiger partial charge in [0.1, 0.15) is 0 Å². The van der Waals surface area contributed by atoms with Crippen molar-refractivity contribution < 1.29 is 5.11 Å². The normalized spacial score (nSPS) is 14.9. The Morgan fingerprint density at radius 2 is 1.43 bits per heavy atom. The molecule has 1 heteroatoms. The van der Waals surface area contributed by atoms with Gasteiger partial charge in [-0.25, -0.2) is 0 Å². The SMILES string of the molecule is CC(C)=CCCC(C)CCCC(C)CCC/C(C)=C/CO. The molecule has 0 aliphatic rings. The molecule has 0 aliphatic carbocycles. The van der Waals surface area contributed by atoms with Crippen LogP contribution in [0, 0.1) is 11.8 Å². The molecule has 0 bridgehead atoms. The zero-order valence-electron chi connectivity index (χ0n) is 15.1. The standard InChI is InChI=1S/C20H38O/c1-17(2)9-6-10-18(3)11-7-12-19(4)13-8-14-20(5)15-16-21/h9,15,18-19,21H,6-8,10-14,16H2,1-5H3/b20-15+. The third kappa shape index (κ3) is 14.2. The van der Waals surface area contributed by atoms with Gasteiger partial charge in [-0.3, -0.25) is 0 Å². The van der Waals surface area contributed by atoms with Crippen molar-refractivity contribution in [3.63, 3.8) is 0 Å². The van der Waals surface area contributed by atoms with E-state index in [0.29, 0.717) is 0 Å². The van der Waals surface area contributed by atoms with Crippen LogP contribution in [0.3, 0.4) is 0 Å². The van der Waals surface area contributed by atoms with Crippen molar-refractivity contribution in [2.75, 3.05) is 6.61 Å². The minimum atomic E-state index is 0.187. The van der Waals surface area contributed by atoms with Crippen LogP contribution in [0.1, 0.15) is 86.0 Å². The van der Waals surface area contributed by atoms with Crippen molar-refractivity contribution in [2.45, 2.75) is 86.0 Å². The van der Waals surface area contributed by atoms with E-state index in [-0.39, 0.29) is 6.61 Å². The first-order valence-corrected chi connectivity index (χ1v) is 8.85. The zero-order chi connectivity index (χ0) is 16.1. The summed E-state index contributed by atoms with van der Waals surface area (Å²) in [6.07, 6.45) is 14.7. The van der Waals surface area contributed by atoms with E-state index in [1.807, 2.05) is 6.08 Å². The Balaban J connectivity index is 3.58. The molecule has 124 valence electrons. The van der Waals surface area contributed by atoms with Gasteiger partial charge >= 0.3 is 0 Å². The molecule has 0 amide bonds. The molecule has 2 atom stereocenters. The Morgan fingerprint density at radius 3 is 2.00 bits per heavy atom. The summed E-state index contributed by atoms with van der Waals surface area (Å²) in [5.74, 6) is 1.71. The highest BCUT2D eigenvalue weighted by molar-refractivity contribution is 4.97. The smallest absolute Gasteiger partial charge is 0.0614 e. The Labute approximate surface area is 133 Å². The van der Waals surface area contributed by atoms with Crippen molar-refractivity contribution in [3.8, 4) is 0 Å². The van der Waals surface area contributed by atoms with E-state index in [0.717, 1.165) is 18.3 Å². The highest BCUT2D eigenvalue weighted by atomic mass is 16.2. The fraction of sp³-hybridized carbons (Fsp3) is 0.800. The maximum Gasteiger partial charge on any atom is 0.0614 e. The lowest BCUT2D eigenvalue weighted by molar-refractivity contribution is 0.341. The van der Waals surface area contributed by atoms with Gasteiger partial charge in [0.2, 0.25) is 0 Å². The first-order valence-electron chi connectivity index (χ1n) is 8.85. The average molecular weight is 295 g/mol. The summed E-state index contributed by atoms with van der Waals surface area (Å²) in [5.41, 5.74) is 2.78. The van der Waals surface area contributed by atoms with Crippen molar-refractivity contribution in [2.24, 2.45) is 11.8 Å². The Morgan fingerprint density at radius 1 is 0.857 bits per heavy atom. The van der Waals surface area contributed by atoms with Crippen LogP contribution in [0.5, 0.6) is 0 Å². The summed E-state index contributed by atoms with van der Waals surface area (Å²) in [5, 5.41) is 8.83. The van der Waals surface area contributed by atoms with Crippen molar-refractivity contribution in [1.29, 1.82) is 0 Å². The highest BCUT2D eigenvalue weighted by Gasteiger charge is 2.05. The van der Waals surface area contributed by atoms with Gasteiger partial charge in [0.05, 0.1) is 6.61 Å². The molecule has 0 heterocycles. The van der Waals surface area contributed by atoms with E-state index in [9.17, 15) is 0 Å². The monoisotopic (exact) mass is 294 g/mol. The summed E-state index contributed by atoms with van der Waals surface area (Å²) in [6, 6.07) is 0. The zero-order valence-corrected chi connectivity index (χ0v) is 15.1. The molecule has 21 heavy (non-hydrogen) atoms. The summed E-state index contributed by atoms with van der Waals surface area (Å²) in [4.78, 5) is 0. The summed E-state index contributed by atoms with van der Waals surface area (Å²) >= 11 is 0. The third-order valence-electron chi connectivity index (χ3n) is 4.31. The largest absolute Gasteiger partial charge is 0.392 e. The number of aliphatic hydroxyl groups excluding tert-OH is 1. The van der Waals surface area contributed by atoms with Gasteiger partial charge in [-0.1, -0.05) is 62.8 Å². The Kier molecular flexibility index (Phi) is 12.8. The average Bonchev–Trinajstić information content (AvgIpc) is 2.38. The second-order valence-corrected chi connectivity index (χ2v) is 7.13. The summed E-state index contributed by atoms with van der Waals surface area (Å²) in [7, 11) is 0. The molecule has 0 saturated heterocycles. The number of hydrogen-bond acceptors (Lipinski definition) is 1. The molecule has 0 fully saturated rings. The maximum atomic E-state index is 8.83. The quantitative estimate of drug-likeness (QED) is 0.420. The molecular formula is C20H38O. The highest BCUT2D eigenvalue weighted by Crippen LogP contribution is 2.21. The summed E-state index contributed by atoms with van der Waals surface area (Å²) < 4.78 is 0. The van der Waals surface area contributed by atoms with Crippen LogP contribution >= 0.6 is 0 Å². The molecule has 0 radical (unpaired) electrons. The van der Waals surface area contributed by atoms with Gasteiger partial charge in [0.25, 0.3) is 0 Å². The molecular weight excluding hydrogens is 256 g/mol. The van der Waals surface area contributed by atoms with Crippen molar-refractivity contribution in [1.82, 2.24) is 0 Å². The van der Waals surface area contributed by atoms with Gasteiger partial charge in [0.15, 0.2) is 0 Å². The molecule has 0 aliphatic heterocycles. The first-order chi connectivity index (χ1) is 9.95. The first kappa shape index (κ1) is 20.4. The second-order valence-electron chi connectivity index (χ2n) is 7.13. The molecule has 0 rings (SSSR count). The topological polar surface area (TPSA) is 20.2 Å².